The van der Waals surface area contributed by atoms with Crippen LogP contribution in [0, 0.1) is 5.92 Å². The van der Waals surface area contributed by atoms with Gasteiger partial charge in [-0.1, -0.05) is 24.3 Å². The third kappa shape index (κ3) is 7.87. The summed E-state index contributed by atoms with van der Waals surface area (Å²) in [4.78, 5) is 8.40. The van der Waals surface area contributed by atoms with Crippen LogP contribution in [0.25, 0.3) is 0 Å². The molecule has 0 radical (unpaired) electrons. The summed E-state index contributed by atoms with van der Waals surface area (Å²) in [6, 6.07) is 8.57. The maximum Gasteiger partial charge on any atom is 0.191 e. The third-order valence-corrected chi connectivity index (χ3v) is 5.05. The van der Waals surface area contributed by atoms with E-state index in [-0.39, 0.29) is 0 Å². The normalized spacial score (nSPS) is 15.4. The molecule has 0 amide bonds. The van der Waals surface area contributed by atoms with E-state index in [1.54, 1.807) is 13.2 Å². The molecule has 158 valence electrons. The molecule has 0 unspecified atom stereocenters. The van der Waals surface area contributed by atoms with E-state index in [0.717, 1.165) is 71.3 Å². The van der Waals surface area contributed by atoms with E-state index >= 15 is 0 Å². The molecule has 2 heterocycles. The molecular weight excluding hydrogens is 366 g/mol. The molecule has 1 fully saturated rings. The standard InChI is InChI=1S/C22H33N5O2/c1-23-22(25-8-3-11-29-17-19-6-12-28-13-7-19)26-15-20-4-2-5-21(14-20)16-27-10-9-24-18-27/h2,4-5,9-10,14,18-19H,3,6-8,11-13,15-17H2,1H3,(H2,23,25,26). The summed E-state index contributed by atoms with van der Waals surface area (Å²) in [5.74, 6) is 1.48. The zero-order valence-corrected chi connectivity index (χ0v) is 17.3. The first-order valence-electron chi connectivity index (χ1n) is 10.5. The maximum absolute atomic E-state index is 5.81. The van der Waals surface area contributed by atoms with Crippen molar-refractivity contribution in [1.82, 2.24) is 20.2 Å². The Labute approximate surface area is 173 Å². The number of rotatable bonds is 10. The largest absolute Gasteiger partial charge is 0.381 e. The summed E-state index contributed by atoms with van der Waals surface area (Å²) in [6.45, 7) is 5.79. The summed E-state index contributed by atoms with van der Waals surface area (Å²) in [5, 5.41) is 6.74. The van der Waals surface area contributed by atoms with Crippen LogP contribution in [0.5, 0.6) is 0 Å². The predicted molar refractivity (Wildman–Crippen MR) is 115 cm³/mol. The quantitative estimate of drug-likeness (QED) is 0.365. The van der Waals surface area contributed by atoms with Crippen LogP contribution in [-0.2, 0) is 22.6 Å². The molecule has 2 N–H and O–H groups in total. The summed E-state index contributed by atoms with van der Waals surface area (Å²) in [5.41, 5.74) is 2.48. The van der Waals surface area contributed by atoms with Crippen molar-refractivity contribution in [2.45, 2.75) is 32.4 Å². The van der Waals surface area contributed by atoms with E-state index in [0.29, 0.717) is 5.92 Å². The lowest BCUT2D eigenvalue weighted by atomic mass is 10.0. The lowest BCUT2D eigenvalue weighted by Gasteiger charge is -2.21. The Morgan fingerprint density at radius 1 is 1.28 bits per heavy atom. The summed E-state index contributed by atoms with van der Waals surface area (Å²) >= 11 is 0. The fraction of sp³-hybridized carbons (Fsp3) is 0.545. The lowest BCUT2D eigenvalue weighted by Crippen LogP contribution is -2.37. The highest BCUT2D eigenvalue weighted by Crippen LogP contribution is 2.14. The van der Waals surface area contributed by atoms with Gasteiger partial charge < -0.3 is 24.7 Å². The molecule has 2 aromatic rings. The molecule has 0 atom stereocenters. The van der Waals surface area contributed by atoms with Crippen molar-refractivity contribution in [2.24, 2.45) is 10.9 Å². The lowest BCUT2D eigenvalue weighted by molar-refractivity contribution is 0.0203. The molecule has 7 heteroatoms. The van der Waals surface area contributed by atoms with Gasteiger partial charge in [-0.25, -0.2) is 4.98 Å². The number of nitrogens with zero attached hydrogens (tertiary/aromatic N) is 3. The molecule has 1 aromatic carbocycles. The first-order chi connectivity index (χ1) is 14.3. The number of aliphatic imine (C=N–C) groups is 1. The maximum atomic E-state index is 5.81. The van der Waals surface area contributed by atoms with Crippen molar-refractivity contribution in [3.8, 4) is 0 Å². The van der Waals surface area contributed by atoms with Gasteiger partial charge in [0.1, 0.15) is 0 Å². The van der Waals surface area contributed by atoms with E-state index in [9.17, 15) is 0 Å². The molecule has 1 aromatic heterocycles. The van der Waals surface area contributed by atoms with Gasteiger partial charge in [0.05, 0.1) is 6.33 Å². The predicted octanol–water partition coefficient (Wildman–Crippen LogP) is 2.43. The fourth-order valence-corrected chi connectivity index (χ4v) is 3.38. The zero-order valence-electron chi connectivity index (χ0n) is 17.3. The number of aromatic nitrogens is 2. The second kappa shape index (κ2) is 12.2. The summed E-state index contributed by atoms with van der Waals surface area (Å²) in [7, 11) is 1.80. The van der Waals surface area contributed by atoms with Crippen LogP contribution in [0.4, 0.5) is 0 Å². The Hall–Kier alpha value is -2.38. The molecule has 0 saturated carbocycles. The van der Waals surface area contributed by atoms with Gasteiger partial charge in [-0.3, -0.25) is 4.99 Å². The minimum absolute atomic E-state index is 0.663. The number of hydrogen-bond donors (Lipinski definition) is 2. The molecule has 1 aliphatic rings. The molecular formula is C22H33N5O2. The van der Waals surface area contributed by atoms with Gasteiger partial charge in [0, 0.05) is 65.5 Å². The van der Waals surface area contributed by atoms with Crippen LogP contribution in [-0.4, -0.2) is 55.5 Å². The Morgan fingerprint density at radius 3 is 2.93 bits per heavy atom. The zero-order chi connectivity index (χ0) is 20.2. The molecule has 0 spiro atoms. The highest BCUT2D eigenvalue weighted by molar-refractivity contribution is 5.79. The van der Waals surface area contributed by atoms with Gasteiger partial charge in [-0.2, -0.15) is 0 Å². The fourth-order valence-electron chi connectivity index (χ4n) is 3.38. The number of nitrogens with one attached hydrogen (secondary N) is 2. The van der Waals surface area contributed by atoms with Crippen LogP contribution in [0.2, 0.25) is 0 Å². The SMILES string of the molecule is CN=C(NCCCOCC1CCOCC1)NCc1cccc(Cn2ccnc2)c1. The van der Waals surface area contributed by atoms with Crippen LogP contribution in [0.1, 0.15) is 30.4 Å². The first kappa shape index (κ1) is 21.3. The summed E-state index contributed by atoms with van der Waals surface area (Å²) in [6.07, 6.45) is 8.83. The minimum Gasteiger partial charge on any atom is -0.381 e. The van der Waals surface area contributed by atoms with Crippen LogP contribution < -0.4 is 10.6 Å². The smallest absolute Gasteiger partial charge is 0.191 e. The van der Waals surface area contributed by atoms with E-state index in [1.807, 2.05) is 12.5 Å². The first-order valence-corrected chi connectivity index (χ1v) is 10.5. The van der Waals surface area contributed by atoms with Gasteiger partial charge in [-0.15, -0.1) is 0 Å². The Kier molecular flexibility index (Phi) is 9.00. The van der Waals surface area contributed by atoms with E-state index in [1.165, 1.54) is 11.1 Å². The molecule has 29 heavy (non-hydrogen) atoms. The number of guanidine groups is 1. The van der Waals surface area contributed by atoms with Gasteiger partial charge in [0.25, 0.3) is 0 Å². The van der Waals surface area contributed by atoms with Crippen LogP contribution in [0.3, 0.4) is 0 Å². The molecule has 3 rings (SSSR count). The van der Waals surface area contributed by atoms with E-state index in [2.05, 4.69) is 49.4 Å². The van der Waals surface area contributed by atoms with Crippen molar-refractivity contribution >= 4 is 5.96 Å². The van der Waals surface area contributed by atoms with Crippen molar-refractivity contribution in [1.29, 1.82) is 0 Å². The molecule has 1 saturated heterocycles. The van der Waals surface area contributed by atoms with Crippen LogP contribution in [0.15, 0.2) is 48.0 Å². The van der Waals surface area contributed by atoms with E-state index < -0.39 is 0 Å². The van der Waals surface area contributed by atoms with Gasteiger partial charge >= 0.3 is 0 Å². The third-order valence-electron chi connectivity index (χ3n) is 5.05. The minimum atomic E-state index is 0.663. The molecule has 0 aliphatic carbocycles. The second-order valence-electron chi connectivity index (χ2n) is 7.39. The Morgan fingerprint density at radius 2 is 2.14 bits per heavy atom. The topological polar surface area (TPSA) is 72.7 Å². The monoisotopic (exact) mass is 399 g/mol. The average Bonchev–Trinajstić information content (AvgIpc) is 3.27. The molecule has 7 nitrogen and oxygen atoms in total. The summed E-state index contributed by atoms with van der Waals surface area (Å²) < 4.78 is 13.3. The number of ether oxygens (including phenoxy) is 2. The van der Waals surface area contributed by atoms with Crippen molar-refractivity contribution in [2.75, 3.05) is 40.0 Å². The highest BCUT2D eigenvalue weighted by atomic mass is 16.5. The van der Waals surface area contributed by atoms with Crippen molar-refractivity contribution in [3.05, 3.63) is 54.1 Å². The Balaban J connectivity index is 1.30. The number of imidazole rings is 1. The number of benzene rings is 1. The average molecular weight is 400 g/mol. The Bertz CT molecular complexity index is 727. The van der Waals surface area contributed by atoms with Gasteiger partial charge in [0.2, 0.25) is 0 Å². The van der Waals surface area contributed by atoms with Gasteiger partial charge in [0.15, 0.2) is 5.96 Å². The van der Waals surface area contributed by atoms with Crippen molar-refractivity contribution < 1.29 is 9.47 Å². The van der Waals surface area contributed by atoms with Gasteiger partial charge in [-0.05, 0) is 36.3 Å². The molecule has 0 bridgehead atoms. The van der Waals surface area contributed by atoms with Crippen molar-refractivity contribution in [3.63, 3.8) is 0 Å². The van der Waals surface area contributed by atoms with E-state index in [4.69, 9.17) is 9.47 Å². The highest BCUT2D eigenvalue weighted by Gasteiger charge is 2.13. The second-order valence-corrected chi connectivity index (χ2v) is 7.39. The van der Waals surface area contributed by atoms with Crippen LogP contribution >= 0.6 is 0 Å². The molecule has 1 aliphatic heterocycles. The number of hydrogen-bond acceptors (Lipinski definition) is 4.